The zero-order valence-corrected chi connectivity index (χ0v) is 12.3. The van der Waals surface area contributed by atoms with Crippen LogP contribution in [0.1, 0.15) is 22.1 Å². The third-order valence-electron chi connectivity index (χ3n) is 2.75. The number of furan rings is 1. The number of thiazole rings is 1. The van der Waals surface area contributed by atoms with E-state index in [-0.39, 0.29) is 0 Å². The van der Waals surface area contributed by atoms with E-state index in [2.05, 4.69) is 9.88 Å². The van der Waals surface area contributed by atoms with Crippen molar-refractivity contribution in [3.8, 4) is 0 Å². The molecule has 0 aliphatic heterocycles. The fourth-order valence-corrected chi connectivity index (χ4v) is 2.72. The first kappa shape index (κ1) is 14.0. The second kappa shape index (κ2) is 6.18. The van der Waals surface area contributed by atoms with E-state index < -0.39 is 0 Å². The number of methoxy groups -OCH3 is 1. The van der Waals surface area contributed by atoms with Gasteiger partial charge in [0.2, 0.25) is 0 Å². The standard InChI is InChI=1S/C13H19N3O2S/c1-9-4-5-10(18-9)7-16(2)13-15-11(8-17-3)12(6-14)19-13/h4-5H,6-8,14H2,1-3H3. The number of aromatic nitrogens is 1. The highest BCUT2D eigenvalue weighted by Gasteiger charge is 2.14. The quantitative estimate of drug-likeness (QED) is 0.880. The Labute approximate surface area is 117 Å². The molecule has 0 saturated heterocycles. The molecular formula is C13H19N3O2S. The van der Waals surface area contributed by atoms with E-state index >= 15 is 0 Å². The van der Waals surface area contributed by atoms with Gasteiger partial charge in [0.25, 0.3) is 0 Å². The summed E-state index contributed by atoms with van der Waals surface area (Å²) < 4.78 is 10.7. The average molecular weight is 281 g/mol. The van der Waals surface area contributed by atoms with Crippen molar-refractivity contribution in [3.63, 3.8) is 0 Å². The van der Waals surface area contributed by atoms with Gasteiger partial charge in [0.15, 0.2) is 5.13 Å². The molecule has 0 fully saturated rings. The minimum Gasteiger partial charge on any atom is -0.464 e. The molecule has 2 N–H and O–H groups in total. The van der Waals surface area contributed by atoms with Crippen LogP contribution in [0.25, 0.3) is 0 Å². The number of hydrogen-bond donors (Lipinski definition) is 1. The van der Waals surface area contributed by atoms with Crippen LogP contribution in [0.5, 0.6) is 0 Å². The number of aryl methyl sites for hydroxylation is 1. The second-order valence-electron chi connectivity index (χ2n) is 4.37. The first-order chi connectivity index (χ1) is 9.13. The molecule has 0 aromatic carbocycles. The monoisotopic (exact) mass is 281 g/mol. The number of rotatable bonds is 6. The first-order valence-corrected chi connectivity index (χ1v) is 6.89. The Hall–Kier alpha value is -1.37. The second-order valence-corrected chi connectivity index (χ2v) is 5.43. The van der Waals surface area contributed by atoms with Crippen molar-refractivity contribution >= 4 is 16.5 Å². The first-order valence-electron chi connectivity index (χ1n) is 6.08. The Morgan fingerprint density at radius 1 is 1.47 bits per heavy atom. The minimum atomic E-state index is 0.490. The van der Waals surface area contributed by atoms with Crippen LogP contribution in [0, 0.1) is 6.92 Å². The summed E-state index contributed by atoms with van der Waals surface area (Å²) in [5, 5.41) is 0.932. The summed E-state index contributed by atoms with van der Waals surface area (Å²) in [4.78, 5) is 7.70. The summed E-state index contributed by atoms with van der Waals surface area (Å²) in [6, 6.07) is 3.95. The van der Waals surface area contributed by atoms with Crippen LogP contribution in [-0.4, -0.2) is 19.1 Å². The van der Waals surface area contributed by atoms with E-state index in [1.54, 1.807) is 18.4 Å². The van der Waals surface area contributed by atoms with Crippen LogP contribution in [0.2, 0.25) is 0 Å². The van der Waals surface area contributed by atoms with E-state index in [0.717, 1.165) is 27.2 Å². The van der Waals surface area contributed by atoms with E-state index in [0.29, 0.717) is 19.7 Å². The lowest BCUT2D eigenvalue weighted by Gasteiger charge is -2.13. The number of anilines is 1. The Morgan fingerprint density at radius 2 is 2.26 bits per heavy atom. The molecule has 2 aromatic heterocycles. The van der Waals surface area contributed by atoms with Crippen molar-refractivity contribution in [1.29, 1.82) is 0 Å². The van der Waals surface area contributed by atoms with Gasteiger partial charge in [-0.3, -0.25) is 0 Å². The summed E-state index contributed by atoms with van der Waals surface area (Å²) in [6.07, 6.45) is 0. The summed E-state index contributed by atoms with van der Waals surface area (Å²) in [5.41, 5.74) is 6.65. The van der Waals surface area contributed by atoms with Gasteiger partial charge >= 0.3 is 0 Å². The molecule has 104 valence electrons. The molecule has 0 saturated carbocycles. The van der Waals surface area contributed by atoms with Crippen LogP contribution in [0.4, 0.5) is 5.13 Å². The molecular weight excluding hydrogens is 262 g/mol. The van der Waals surface area contributed by atoms with Gasteiger partial charge in [-0.05, 0) is 19.1 Å². The third kappa shape index (κ3) is 3.34. The molecule has 0 aliphatic rings. The topological polar surface area (TPSA) is 64.5 Å². The SMILES string of the molecule is COCc1nc(N(C)Cc2ccc(C)o2)sc1CN. The molecule has 5 nitrogen and oxygen atoms in total. The molecule has 19 heavy (non-hydrogen) atoms. The van der Waals surface area contributed by atoms with Crippen LogP contribution in [0.15, 0.2) is 16.5 Å². The summed E-state index contributed by atoms with van der Waals surface area (Å²) in [7, 11) is 3.65. The maximum atomic E-state index is 5.73. The number of ether oxygens (including phenoxy) is 1. The van der Waals surface area contributed by atoms with Gasteiger partial charge in [-0.25, -0.2) is 4.98 Å². The molecule has 2 heterocycles. The molecule has 0 spiro atoms. The maximum Gasteiger partial charge on any atom is 0.186 e. The highest BCUT2D eigenvalue weighted by atomic mass is 32.1. The van der Waals surface area contributed by atoms with Gasteiger partial charge in [-0.15, -0.1) is 11.3 Å². The van der Waals surface area contributed by atoms with E-state index in [9.17, 15) is 0 Å². The predicted molar refractivity (Wildman–Crippen MR) is 76.3 cm³/mol. The average Bonchev–Trinajstić information content (AvgIpc) is 2.96. The molecule has 2 aromatic rings. The third-order valence-corrected chi connectivity index (χ3v) is 3.98. The largest absolute Gasteiger partial charge is 0.464 e. The van der Waals surface area contributed by atoms with Crippen LogP contribution >= 0.6 is 11.3 Å². The number of hydrogen-bond acceptors (Lipinski definition) is 6. The highest BCUT2D eigenvalue weighted by Crippen LogP contribution is 2.27. The lowest BCUT2D eigenvalue weighted by Crippen LogP contribution is -2.15. The zero-order valence-electron chi connectivity index (χ0n) is 11.5. The molecule has 2 rings (SSSR count). The van der Waals surface area contributed by atoms with Gasteiger partial charge in [-0.1, -0.05) is 0 Å². The van der Waals surface area contributed by atoms with E-state index in [4.69, 9.17) is 14.9 Å². The fourth-order valence-electron chi connectivity index (χ4n) is 1.81. The summed E-state index contributed by atoms with van der Waals surface area (Å²) >= 11 is 1.60. The Bertz CT molecular complexity index is 536. The molecule has 0 radical (unpaired) electrons. The van der Waals surface area contributed by atoms with Crippen molar-refractivity contribution in [1.82, 2.24) is 4.98 Å². The highest BCUT2D eigenvalue weighted by molar-refractivity contribution is 7.15. The van der Waals surface area contributed by atoms with Crippen molar-refractivity contribution in [3.05, 3.63) is 34.2 Å². The molecule has 0 atom stereocenters. The van der Waals surface area contributed by atoms with Crippen LogP contribution < -0.4 is 10.6 Å². The molecule has 0 unspecified atom stereocenters. The van der Waals surface area contributed by atoms with Crippen molar-refractivity contribution in [2.45, 2.75) is 26.6 Å². The number of nitrogens with zero attached hydrogens (tertiary/aromatic N) is 2. The summed E-state index contributed by atoms with van der Waals surface area (Å²) in [6.45, 7) is 3.62. The van der Waals surface area contributed by atoms with Gasteiger partial charge < -0.3 is 19.8 Å². The molecule has 0 aliphatic carbocycles. The molecule has 0 bridgehead atoms. The van der Waals surface area contributed by atoms with Gasteiger partial charge in [0.05, 0.1) is 18.8 Å². The minimum absolute atomic E-state index is 0.490. The van der Waals surface area contributed by atoms with Crippen molar-refractivity contribution in [2.75, 3.05) is 19.1 Å². The fraction of sp³-hybridized carbons (Fsp3) is 0.462. The normalized spacial score (nSPS) is 10.9. The van der Waals surface area contributed by atoms with Crippen molar-refractivity contribution < 1.29 is 9.15 Å². The summed E-state index contributed by atoms with van der Waals surface area (Å²) in [5.74, 6) is 1.85. The Kier molecular flexibility index (Phi) is 4.57. The van der Waals surface area contributed by atoms with Gasteiger partial charge in [0, 0.05) is 25.6 Å². The van der Waals surface area contributed by atoms with Crippen LogP contribution in [0.3, 0.4) is 0 Å². The zero-order chi connectivity index (χ0) is 13.8. The predicted octanol–water partition coefficient (Wildman–Crippen LogP) is 2.29. The Balaban J connectivity index is 2.12. The molecule has 0 amide bonds. The lowest BCUT2D eigenvalue weighted by molar-refractivity contribution is 0.181. The number of nitrogens with two attached hydrogens (primary N) is 1. The Morgan fingerprint density at radius 3 is 2.84 bits per heavy atom. The molecule has 6 heteroatoms. The van der Waals surface area contributed by atoms with E-state index in [1.807, 2.05) is 26.1 Å². The smallest absolute Gasteiger partial charge is 0.186 e. The van der Waals surface area contributed by atoms with Gasteiger partial charge in [-0.2, -0.15) is 0 Å². The van der Waals surface area contributed by atoms with Crippen molar-refractivity contribution in [2.24, 2.45) is 5.73 Å². The van der Waals surface area contributed by atoms with E-state index in [1.165, 1.54) is 0 Å². The lowest BCUT2D eigenvalue weighted by atomic mass is 10.4. The maximum absolute atomic E-state index is 5.73. The van der Waals surface area contributed by atoms with Crippen LogP contribution in [-0.2, 0) is 24.4 Å². The van der Waals surface area contributed by atoms with Gasteiger partial charge in [0.1, 0.15) is 11.5 Å².